The van der Waals surface area contributed by atoms with Gasteiger partial charge in [0, 0.05) is 16.8 Å². The van der Waals surface area contributed by atoms with E-state index in [9.17, 15) is 0 Å². The van der Waals surface area contributed by atoms with Crippen molar-refractivity contribution >= 4 is 12.3 Å². The summed E-state index contributed by atoms with van der Waals surface area (Å²) in [5, 5.41) is 27.9. The molecular formula is C2H4CoO6. The summed E-state index contributed by atoms with van der Waals surface area (Å²) >= 11 is 0. The van der Waals surface area contributed by atoms with E-state index in [1.165, 1.54) is 0 Å². The zero-order valence-electron chi connectivity index (χ0n) is 3.94. The molecule has 0 spiro atoms. The average molecular weight is 183 g/mol. The van der Waals surface area contributed by atoms with Crippen molar-refractivity contribution in [3.8, 4) is 0 Å². The van der Waals surface area contributed by atoms with Gasteiger partial charge in [0.25, 0.3) is 0 Å². The van der Waals surface area contributed by atoms with Gasteiger partial charge in [0.05, 0.1) is 0 Å². The first kappa shape index (κ1) is 15.7. The maximum absolute atomic E-state index is 8.56. The molecule has 0 aromatic carbocycles. The van der Waals surface area contributed by atoms with E-state index in [4.69, 9.17) is 30.0 Å². The van der Waals surface area contributed by atoms with Gasteiger partial charge in [-0.25, -0.2) is 9.59 Å². The van der Waals surface area contributed by atoms with Crippen LogP contribution in [0.4, 0.5) is 9.59 Å². The Morgan fingerprint density at radius 3 is 0.778 bits per heavy atom. The molecule has 0 aromatic heterocycles. The maximum atomic E-state index is 8.56. The number of hydrogen-bond acceptors (Lipinski definition) is 2. The molecule has 0 aliphatic heterocycles. The van der Waals surface area contributed by atoms with Crippen LogP contribution in [0, 0.1) is 0 Å². The molecule has 0 aliphatic rings. The largest absolute Gasteiger partial charge is 0.503 e. The van der Waals surface area contributed by atoms with Crippen molar-refractivity contribution in [2.45, 2.75) is 0 Å². The smallest absolute Gasteiger partial charge is 0.450 e. The fourth-order valence-corrected chi connectivity index (χ4v) is 0. The van der Waals surface area contributed by atoms with Crippen LogP contribution in [0.1, 0.15) is 0 Å². The van der Waals surface area contributed by atoms with Crippen LogP contribution in [0.15, 0.2) is 0 Å². The van der Waals surface area contributed by atoms with E-state index in [1.807, 2.05) is 0 Å². The molecule has 1 radical (unpaired) electrons. The normalized spacial score (nSPS) is 5.33. The molecule has 0 bridgehead atoms. The van der Waals surface area contributed by atoms with Gasteiger partial charge in [0.1, 0.15) is 0 Å². The van der Waals surface area contributed by atoms with E-state index in [-0.39, 0.29) is 16.8 Å². The van der Waals surface area contributed by atoms with Crippen molar-refractivity contribution in [2.75, 3.05) is 0 Å². The van der Waals surface area contributed by atoms with Gasteiger partial charge < -0.3 is 20.4 Å². The first-order chi connectivity index (χ1) is 3.46. The summed E-state index contributed by atoms with van der Waals surface area (Å²) < 4.78 is 0. The van der Waals surface area contributed by atoms with Gasteiger partial charge in [0.15, 0.2) is 0 Å². The summed E-state index contributed by atoms with van der Waals surface area (Å²) in [5.41, 5.74) is 0. The quantitative estimate of drug-likeness (QED) is 0.433. The van der Waals surface area contributed by atoms with Crippen molar-refractivity contribution in [1.29, 1.82) is 0 Å². The summed E-state index contributed by atoms with van der Waals surface area (Å²) in [5.74, 6) is 0. The van der Waals surface area contributed by atoms with Crippen LogP contribution in [0.3, 0.4) is 0 Å². The molecule has 0 fully saturated rings. The monoisotopic (exact) mass is 183 g/mol. The Hall–Kier alpha value is -0.954. The summed E-state index contributed by atoms with van der Waals surface area (Å²) in [4.78, 5) is 17.1. The fraction of sp³-hybridized carbons (Fsp3) is 0. The number of rotatable bonds is 0. The van der Waals surface area contributed by atoms with Crippen molar-refractivity contribution in [2.24, 2.45) is 0 Å². The van der Waals surface area contributed by atoms with Gasteiger partial charge in [-0.05, 0) is 0 Å². The molecule has 0 unspecified atom stereocenters. The van der Waals surface area contributed by atoms with E-state index in [1.54, 1.807) is 0 Å². The second-order valence-corrected chi connectivity index (χ2v) is 0.565. The summed E-state index contributed by atoms with van der Waals surface area (Å²) in [7, 11) is 0. The summed E-state index contributed by atoms with van der Waals surface area (Å²) in [6.07, 6.45) is -3.67. The maximum Gasteiger partial charge on any atom is 0.503 e. The minimum absolute atomic E-state index is 0. The molecule has 7 heteroatoms. The second kappa shape index (κ2) is 10.1. The van der Waals surface area contributed by atoms with E-state index in [0.29, 0.717) is 0 Å². The minimum atomic E-state index is -1.83. The second-order valence-electron chi connectivity index (χ2n) is 0.565. The molecule has 0 rings (SSSR count). The van der Waals surface area contributed by atoms with Crippen molar-refractivity contribution in [3.05, 3.63) is 0 Å². The van der Waals surface area contributed by atoms with Crippen LogP contribution in [0.25, 0.3) is 0 Å². The predicted molar refractivity (Wildman–Crippen MR) is 21.3 cm³/mol. The molecule has 0 heterocycles. The first-order valence-corrected chi connectivity index (χ1v) is 1.30. The average Bonchev–Trinajstić information content (AvgIpc) is 1.25. The molecule has 0 saturated heterocycles. The zero-order valence-corrected chi connectivity index (χ0v) is 4.98. The molecule has 6 nitrogen and oxygen atoms in total. The predicted octanol–water partition coefficient (Wildman–Crippen LogP) is 0.442. The van der Waals surface area contributed by atoms with Gasteiger partial charge in [-0.1, -0.05) is 0 Å². The minimum Gasteiger partial charge on any atom is -0.450 e. The van der Waals surface area contributed by atoms with Crippen LogP contribution >= 0.6 is 0 Å². The fourth-order valence-electron chi connectivity index (χ4n) is 0. The molecule has 0 amide bonds. The molecule has 0 aliphatic carbocycles. The van der Waals surface area contributed by atoms with Crippen LogP contribution in [0.2, 0.25) is 0 Å². The van der Waals surface area contributed by atoms with Crippen LogP contribution in [-0.2, 0) is 16.8 Å². The molecule has 9 heavy (non-hydrogen) atoms. The molecule has 4 N–H and O–H groups in total. The van der Waals surface area contributed by atoms with E-state index in [0.717, 1.165) is 0 Å². The SMILES string of the molecule is O=C(O)O.O=C(O)O.[Co]. The number of hydrogen-bond donors (Lipinski definition) is 4. The number of carboxylic acid groups (broad SMARTS) is 4. The van der Waals surface area contributed by atoms with Gasteiger partial charge >= 0.3 is 12.3 Å². The first-order valence-electron chi connectivity index (χ1n) is 1.30. The Bertz CT molecular complexity index is 69.1. The van der Waals surface area contributed by atoms with Crippen LogP contribution < -0.4 is 0 Å². The van der Waals surface area contributed by atoms with Crippen LogP contribution in [0.5, 0.6) is 0 Å². The third-order valence-electron chi connectivity index (χ3n) is 0. The molecule has 0 saturated carbocycles. The molecule has 0 aromatic rings. The molecular weight excluding hydrogens is 179 g/mol. The third kappa shape index (κ3) is 197. The van der Waals surface area contributed by atoms with Gasteiger partial charge in [-0.15, -0.1) is 0 Å². The van der Waals surface area contributed by atoms with Gasteiger partial charge in [-0.3, -0.25) is 0 Å². The Morgan fingerprint density at radius 2 is 0.778 bits per heavy atom. The summed E-state index contributed by atoms with van der Waals surface area (Å²) in [6, 6.07) is 0. The third-order valence-corrected chi connectivity index (χ3v) is 0. The van der Waals surface area contributed by atoms with E-state index in [2.05, 4.69) is 0 Å². The van der Waals surface area contributed by atoms with Gasteiger partial charge in [-0.2, -0.15) is 0 Å². The van der Waals surface area contributed by atoms with Crippen molar-refractivity contribution < 1.29 is 46.8 Å². The van der Waals surface area contributed by atoms with Crippen LogP contribution in [-0.4, -0.2) is 32.7 Å². The zero-order chi connectivity index (χ0) is 7.15. The summed E-state index contributed by atoms with van der Waals surface area (Å²) in [6.45, 7) is 0. The van der Waals surface area contributed by atoms with Crippen molar-refractivity contribution in [3.63, 3.8) is 0 Å². The standard InChI is InChI=1S/2CH2O3.Co/c2*2-1(3)4;/h2*(H2,2,3,4);. The molecule has 0 atom stereocenters. The van der Waals surface area contributed by atoms with E-state index < -0.39 is 12.3 Å². The van der Waals surface area contributed by atoms with Gasteiger partial charge in [0.2, 0.25) is 0 Å². The topological polar surface area (TPSA) is 115 Å². The Kier molecular flexibility index (Phi) is 17.6. The number of carbonyl (C=O) groups is 2. The van der Waals surface area contributed by atoms with Crippen molar-refractivity contribution in [1.82, 2.24) is 0 Å². The Morgan fingerprint density at radius 1 is 0.778 bits per heavy atom. The van der Waals surface area contributed by atoms with E-state index >= 15 is 0 Å². The molecule has 57 valence electrons. The Labute approximate surface area is 59.9 Å². The Balaban J connectivity index is -0.0000000720.